The summed E-state index contributed by atoms with van der Waals surface area (Å²) in [5.74, 6) is 0.884. The monoisotopic (exact) mass is 303 g/mol. The summed E-state index contributed by atoms with van der Waals surface area (Å²) in [6, 6.07) is 14.7. The van der Waals surface area contributed by atoms with Crippen LogP contribution in [0, 0.1) is 6.92 Å². The fraction of sp³-hybridized carbons (Fsp3) is 0.333. The van der Waals surface area contributed by atoms with Gasteiger partial charge in [-0.15, -0.1) is 0 Å². The van der Waals surface area contributed by atoms with Gasteiger partial charge < -0.3 is 10.1 Å². The van der Waals surface area contributed by atoms with Crippen LogP contribution in [-0.4, -0.2) is 13.7 Å². The van der Waals surface area contributed by atoms with E-state index in [1.165, 1.54) is 11.1 Å². The molecule has 2 nitrogen and oxygen atoms in total. The second-order valence-electron chi connectivity index (χ2n) is 5.18. The molecule has 0 amide bonds. The molecule has 0 aliphatic carbocycles. The molecule has 21 heavy (non-hydrogen) atoms. The fourth-order valence-electron chi connectivity index (χ4n) is 2.48. The van der Waals surface area contributed by atoms with Gasteiger partial charge in [-0.1, -0.05) is 48.4 Å². The minimum absolute atomic E-state index is 0.253. The lowest BCUT2D eigenvalue weighted by Gasteiger charge is -2.20. The molecule has 0 spiro atoms. The number of halogens is 1. The molecule has 2 aromatic rings. The molecule has 0 fully saturated rings. The Morgan fingerprint density at radius 1 is 1.14 bits per heavy atom. The average molecular weight is 304 g/mol. The van der Waals surface area contributed by atoms with Crippen LogP contribution >= 0.6 is 11.6 Å². The lowest BCUT2D eigenvalue weighted by atomic mass is 9.97. The highest BCUT2D eigenvalue weighted by Gasteiger charge is 2.14. The van der Waals surface area contributed by atoms with Crippen LogP contribution in [0.2, 0.25) is 5.02 Å². The smallest absolute Gasteiger partial charge is 0.122 e. The topological polar surface area (TPSA) is 21.3 Å². The highest BCUT2D eigenvalue weighted by molar-refractivity contribution is 6.30. The zero-order valence-corrected chi connectivity index (χ0v) is 13.6. The van der Waals surface area contributed by atoms with Crippen molar-refractivity contribution in [3.8, 4) is 5.75 Å². The molecule has 2 aromatic carbocycles. The fourth-order valence-corrected chi connectivity index (χ4v) is 2.67. The molecule has 0 saturated heterocycles. The molecule has 0 radical (unpaired) electrons. The number of methoxy groups -OCH3 is 1. The van der Waals surface area contributed by atoms with Crippen molar-refractivity contribution in [2.75, 3.05) is 13.7 Å². The van der Waals surface area contributed by atoms with Gasteiger partial charge in [0.05, 0.1) is 7.11 Å². The molecule has 0 heterocycles. The molecule has 0 saturated carbocycles. The predicted molar refractivity (Wildman–Crippen MR) is 89.3 cm³/mol. The third-order valence-electron chi connectivity index (χ3n) is 3.60. The molecule has 1 N–H and O–H groups in total. The Labute approximate surface area is 132 Å². The van der Waals surface area contributed by atoms with Crippen molar-refractivity contribution in [3.63, 3.8) is 0 Å². The number of aryl methyl sites for hydroxylation is 1. The summed E-state index contributed by atoms with van der Waals surface area (Å²) in [4.78, 5) is 0. The van der Waals surface area contributed by atoms with E-state index in [2.05, 4.69) is 43.4 Å². The molecule has 1 atom stereocenters. The van der Waals surface area contributed by atoms with Crippen molar-refractivity contribution in [1.29, 1.82) is 0 Å². The van der Waals surface area contributed by atoms with Crippen LogP contribution < -0.4 is 10.1 Å². The molecule has 1 unspecified atom stereocenters. The van der Waals surface area contributed by atoms with Crippen LogP contribution in [0.15, 0.2) is 42.5 Å². The molecule has 2 rings (SSSR count). The van der Waals surface area contributed by atoms with Crippen molar-refractivity contribution in [2.24, 2.45) is 0 Å². The third-order valence-corrected chi connectivity index (χ3v) is 3.83. The van der Waals surface area contributed by atoms with Crippen molar-refractivity contribution < 1.29 is 4.74 Å². The number of hydrogen-bond donors (Lipinski definition) is 1. The van der Waals surface area contributed by atoms with E-state index >= 15 is 0 Å². The van der Waals surface area contributed by atoms with Gasteiger partial charge in [0.1, 0.15) is 5.75 Å². The van der Waals surface area contributed by atoms with Gasteiger partial charge in [0.2, 0.25) is 0 Å². The van der Waals surface area contributed by atoms with Crippen LogP contribution in [0.3, 0.4) is 0 Å². The Kier molecular flexibility index (Phi) is 5.66. The molecule has 0 aliphatic rings. The van der Waals surface area contributed by atoms with E-state index in [1.54, 1.807) is 7.11 Å². The van der Waals surface area contributed by atoms with E-state index in [9.17, 15) is 0 Å². The molecular formula is C18H22ClNO. The zero-order valence-electron chi connectivity index (χ0n) is 12.8. The minimum atomic E-state index is 0.253. The molecular weight excluding hydrogens is 282 g/mol. The van der Waals surface area contributed by atoms with Gasteiger partial charge >= 0.3 is 0 Å². The largest absolute Gasteiger partial charge is 0.496 e. The van der Waals surface area contributed by atoms with Gasteiger partial charge in [0, 0.05) is 11.1 Å². The van der Waals surface area contributed by atoms with Gasteiger partial charge in [0.25, 0.3) is 0 Å². The quantitative estimate of drug-likeness (QED) is 0.845. The predicted octanol–water partition coefficient (Wildman–Crippen LogP) is 4.55. The SMILES string of the molecule is CCNC(Cc1cc(Cl)ccc1OC)c1ccc(C)cc1. The van der Waals surface area contributed by atoms with E-state index < -0.39 is 0 Å². The van der Waals surface area contributed by atoms with Crippen molar-refractivity contribution >= 4 is 11.6 Å². The molecule has 0 aliphatic heterocycles. The lowest BCUT2D eigenvalue weighted by molar-refractivity contribution is 0.405. The van der Waals surface area contributed by atoms with Crippen LogP contribution in [0.1, 0.15) is 29.7 Å². The Morgan fingerprint density at radius 3 is 2.48 bits per heavy atom. The third kappa shape index (κ3) is 4.23. The summed E-state index contributed by atoms with van der Waals surface area (Å²) in [6.07, 6.45) is 0.848. The molecule has 0 aromatic heterocycles. The average Bonchev–Trinajstić information content (AvgIpc) is 2.48. The second kappa shape index (κ2) is 7.48. The number of nitrogens with one attached hydrogen (secondary N) is 1. The Hall–Kier alpha value is -1.51. The maximum Gasteiger partial charge on any atom is 0.122 e. The van der Waals surface area contributed by atoms with Crippen LogP contribution in [0.4, 0.5) is 0 Å². The number of ether oxygens (including phenoxy) is 1. The van der Waals surface area contributed by atoms with Crippen LogP contribution in [-0.2, 0) is 6.42 Å². The van der Waals surface area contributed by atoms with Crippen molar-refractivity contribution in [1.82, 2.24) is 5.32 Å². The van der Waals surface area contributed by atoms with E-state index in [1.807, 2.05) is 18.2 Å². The first-order chi connectivity index (χ1) is 10.1. The summed E-state index contributed by atoms with van der Waals surface area (Å²) < 4.78 is 5.45. The summed E-state index contributed by atoms with van der Waals surface area (Å²) in [5, 5.41) is 4.28. The maximum atomic E-state index is 6.13. The first-order valence-electron chi connectivity index (χ1n) is 7.26. The van der Waals surface area contributed by atoms with Gasteiger partial charge in [-0.25, -0.2) is 0 Å². The van der Waals surface area contributed by atoms with E-state index in [0.29, 0.717) is 0 Å². The molecule has 112 valence electrons. The normalized spacial score (nSPS) is 12.2. The number of likely N-dealkylation sites (N-methyl/N-ethyl adjacent to an activating group) is 1. The summed E-state index contributed by atoms with van der Waals surface area (Å²) in [5.41, 5.74) is 3.68. The Bertz CT molecular complexity index is 580. The van der Waals surface area contributed by atoms with Crippen LogP contribution in [0.25, 0.3) is 0 Å². The first-order valence-corrected chi connectivity index (χ1v) is 7.64. The maximum absolute atomic E-state index is 6.13. The molecule has 0 bridgehead atoms. The van der Waals surface area contributed by atoms with Crippen molar-refractivity contribution in [3.05, 3.63) is 64.2 Å². The summed E-state index contributed by atoms with van der Waals surface area (Å²) >= 11 is 6.13. The van der Waals surface area contributed by atoms with Crippen molar-refractivity contribution in [2.45, 2.75) is 26.3 Å². The molecule has 3 heteroatoms. The zero-order chi connectivity index (χ0) is 15.2. The lowest BCUT2D eigenvalue weighted by Crippen LogP contribution is -2.23. The van der Waals surface area contributed by atoms with E-state index in [4.69, 9.17) is 16.3 Å². The highest BCUT2D eigenvalue weighted by atomic mass is 35.5. The standard InChI is InChI=1S/C18H22ClNO/c1-4-20-17(14-7-5-13(2)6-8-14)12-15-11-16(19)9-10-18(15)21-3/h5-11,17,20H,4,12H2,1-3H3. The number of rotatable bonds is 6. The van der Waals surface area contributed by atoms with Gasteiger partial charge in [-0.2, -0.15) is 0 Å². The van der Waals surface area contributed by atoms with Gasteiger partial charge in [0.15, 0.2) is 0 Å². The Balaban J connectivity index is 2.27. The highest BCUT2D eigenvalue weighted by Crippen LogP contribution is 2.28. The second-order valence-corrected chi connectivity index (χ2v) is 5.62. The minimum Gasteiger partial charge on any atom is -0.496 e. The first kappa shape index (κ1) is 15.9. The number of hydrogen-bond acceptors (Lipinski definition) is 2. The van der Waals surface area contributed by atoms with E-state index in [-0.39, 0.29) is 6.04 Å². The van der Waals surface area contributed by atoms with Gasteiger partial charge in [-0.3, -0.25) is 0 Å². The summed E-state index contributed by atoms with van der Waals surface area (Å²) in [7, 11) is 1.70. The van der Waals surface area contributed by atoms with Gasteiger partial charge in [-0.05, 0) is 49.2 Å². The Morgan fingerprint density at radius 2 is 1.86 bits per heavy atom. The van der Waals surface area contributed by atoms with E-state index in [0.717, 1.165) is 29.3 Å². The summed E-state index contributed by atoms with van der Waals surface area (Å²) in [6.45, 7) is 5.14. The van der Waals surface area contributed by atoms with Crippen LogP contribution in [0.5, 0.6) is 5.75 Å². The number of benzene rings is 2.